The zero-order chi connectivity index (χ0) is 19.6. The number of aryl methyl sites for hydroxylation is 1. The Labute approximate surface area is 161 Å². The van der Waals surface area contributed by atoms with Crippen molar-refractivity contribution in [1.29, 1.82) is 0 Å². The lowest BCUT2D eigenvalue weighted by atomic mass is 10.00. The lowest BCUT2D eigenvalue weighted by molar-refractivity contribution is -0.135. The van der Waals surface area contributed by atoms with Crippen molar-refractivity contribution in [2.24, 2.45) is 5.73 Å². The summed E-state index contributed by atoms with van der Waals surface area (Å²) in [7, 11) is 0. The monoisotopic (exact) mass is 373 g/mol. The van der Waals surface area contributed by atoms with Gasteiger partial charge in [0.15, 0.2) is 5.78 Å². The average molecular weight is 373 g/mol. The molecule has 2 rings (SSSR count). The van der Waals surface area contributed by atoms with E-state index in [1.165, 1.54) is 5.56 Å². The summed E-state index contributed by atoms with van der Waals surface area (Å²) < 4.78 is 0. The van der Waals surface area contributed by atoms with Crippen LogP contribution in [-0.4, -0.2) is 48.2 Å². The first-order valence-electron chi connectivity index (χ1n) is 9.93. The Balaban J connectivity index is 1.86. The van der Waals surface area contributed by atoms with E-state index in [1.54, 1.807) is 0 Å². The number of likely N-dealkylation sites (tertiary alicyclic amines) is 1. The molecule has 0 radical (unpaired) electrons. The van der Waals surface area contributed by atoms with Crippen LogP contribution in [0, 0.1) is 0 Å². The SMILES string of the molecule is CCc1ccc(C(=O)CCC(=O)N2CCCCC2CNC(=O)CCN)cc1. The van der Waals surface area contributed by atoms with Gasteiger partial charge in [-0.25, -0.2) is 0 Å². The van der Waals surface area contributed by atoms with Gasteiger partial charge in [0.2, 0.25) is 11.8 Å². The van der Waals surface area contributed by atoms with Gasteiger partial charge in [0.25, 0.3) is 0 Å². The largest absolute Gasteiger partial charge is 0.354 e. The van der Waals surface area contributed by atoms with Crippen LogP contribution in [0.2, 0.25) is 0 Å². The molecule has 1 saturated heterocycles. The van der Waals surface area contributed by atoms with Gasteiger partial charge in [0.05, 0.1) is 0 Å². The number of Topliss-reactive ketones (excluding diaryl/α,β-unsaturated/α-hetero) is 1. The number of carbonyl (C=O) groups is 3. The molecule has 3 N–H and O–H groups in total. The molecule has 0 saturated carbocycles. The molecule has 1 aromatic carbocycles. The number of piperidine rings is 1. The van der Waals surface area contributed by atoms with Crippen molar-refractivity contribution >= 4 is 17.6 Å². The van der Waals surface area contributed by atoms with E-state index in [2.05, 4.69) is 12.2 Å². The zero-order valence-corrected chi connectivity index (χ0v) is 16.2. The maximum absolute atomic E-state index is 12.7. The smallest absolute Gasteiger partial charge is 0.223 e. The Morgan fingerprint density at radius 2 is 1.85 bits per heavy atom. The summed E-state index contributed by atoms with van der Waals surface area (Å²) in [6.07, 6.45) is 4.54. The lowest BCUT2D eigenvalue weighted by Crippen LogP contribution is -2.49. The van der Waals surface area contributed by atoms with E-state index in [1.807, 2.05) is 29.2 Å². The zero-order valence-electron chi connectivity index (χ0n) is 16.2. The quantitative estimate of drug-likeness (QED) is 0.648. The number of ketones is 1. The molecule has 6 nitrogen and oxygen atoms in total. The molecule has 0 bridgehead atoms. The molecule has 0 aliphatic carbocycles. The minimum atomic E-state index is -0.0822. The number of hydrogen-bond acceptors (Lipinski definition) is 4. The molecule has 2 amide bonds. The number of nitrogens with one attached hydrogen (secondary N) is 1. The number of benzene rings is 1. The first-order valence-corrected chi connectivity index (χ1v) is 9.93. The van der Waals surface area contributed by atoms with Crippen LogP contribution in [0.3, 0.4) is 0 Å². The van der Waals surface area contributed by atoms with E-state index in [4.69, 9.17) is 5.73 Å². The molecule has 1 aliphatic rings. The standard InChI is InChI=1S/C21H31N3O3/c1-2-16-6-8-17(9-7-16)19(25)10-11-21(27)24-14-4-3-5-18(24)15-23-20(26)12-13-22/h6-9,18H,2-5,10-15,22H2,1H3,(H,23,26). The van der Waals surface area contributed by atoms with Crippen LogP contribution >= 0.6 is 0 Å². The van der Waals surface area contributed by atoms with Gasteiger partial charge in [0, 0.05) is 50.5 Å². The fourth-order valence-corrected chi connectivity index (χ4v) is 3.43. The van der Waals surface area contributed by atoms with Gasteiger partial charge >= 0.3 is 0 Å². The normalized spacial score (nSPS) is 16.8. The van der Waals surface area contributed by atoms with Crippen molar-refractivity contribution in [3.8, 4) is 0 Å². The minimum absolute atomic E-state index is 0.00388. The Hall–Kier alpha value is -2.21. The molecular formula is C21H31N3O3. The van der Waals surface area contributed by atoms with E-state index >= 15 is 0 Å². The third kappa shape index (κ3) is 6.47. The van der Waals surface area contributed by atoms with Crippen LogP contribution in [0.5, 0.6) is 0 Å². The second-order valence-electron chi connectivity index (χ2n) is 7.05. The van der Waals surface area contributed by atoms with Crippen molar-refractivity contribution in [2.45, 2.75) is 57.9 Å². The average Bonchev–Trinajstić information content (AvgIpc) is 2.70. The van der Waals surface area contributed by atoms with E-state index in [-0.39, 0.29) is 36.5 Å². The molecule has 0 aromatic heterocycles. The lowest BCUT2D eigenvalue weighted by Gasteiger charge is -2.36. The van der Waals surface area contributed by atoms with Gasteiger partial charge in [-0.05, 0) is 31.2 Å². The topological polar surface area (TPSA) is 92.5 Å². The molecule has 1 fully saturated rings. The van der Waals surface area contributed by atoms with Gasteiger partial charge in [-0.2, -0.15) is 0 Å². The molecule has 1 unspecified atom stereocenters. The predicted octanol–water partition coefficient (Wildman–Crippen LogP) is 2.06. The van der Waals surface area contributed by atoms with E-state index < -0.39 is 0 Å². The number of rotatable bonds is 9. The maximum Gasteiger partial charge on any atom is 0.223 e. The number of nitrogens with zero attached hydrogens (tertiary/aromatic N) is 1. The number of amides is 2. The van der Waals surface area contributed by atoms with Crippen LogP contribution in [-0.2, 0) is 16.0 Å². The molecule has 1 atom stereocenters. The Bertz CT molecular complexity index is 643. The van der Waals surface area contributed by atoms with Crippen molar-refractivity contribution in [2.75, 3.05) is 19.6 Å². The summed E-state index contributed by atoms with van der Waals surface area (Å²) in [5.74, 6) is -0.0942. The van der Waals surface area contributed by atoms with E-state index in [9.17, 15) is 14.4 Å². The van der Waals surface area contributed by atoms with Crippen LogP contribution in [0.15, 0.2) is 24.3 Å². The fraction of sp³-hybridized carbons (Fsp3) is 0.571. The maximum atomic E-state index is 12.7. The highest BCUT2D eigenvalue weighted by atomic mass is 16.2. The van der Waals surface area contributed by atoms with E-state index in [0.717, 1.165) is 25.7 Å². The van der Waals surface area contributed by atoms with Gasteiger partial charge in [-0.3, -0.25) is 14.4 Å². The van der Waals surface area contributed by atoms with Crippen molar-refractivity contribution in [1.82, 2.24) is 10.2 Å². The summed E-state index contributed by atoms with van der Waals surface area (Å²) in [5, 5.41) is 2.86. The van der Waals surface area contributed by atoms with Gasteiger partial charge in [0.1, 0.15) is 0 Å². The molecule has 1 aliphatic heterocycles. The minimum Gasteiger partial charge on any atom is -0.354 e. The fourth-order valence-electron chi connectivity index (χ4n) is 3.43. The molecule has 1 aromatic rings. The molecule has 27 heavy (non-hydrogen) atoms. The van der Waals surface area contributed by atoms with E-state index in [0.29, 0.717) is 31.6 Å². The Morgan fingerprint density at radius 3 is 2.52 bits per heavy atom. The summed E-state index contributed by atoms with van der Waals surface area (Å²) in [6, 6.07) is 7.59. The van der Waals surface area contributed by atoms with Crippen LogP contribution in [0.25, 0.3) is 0 Å². The second kappa shape index (κ2) is 10.8. The number of nitrogens with two attached hydrogens (primary N) is 1. The highest BCUT2D eigenvalue weighted by molar-refractivity contribution is 5.98. The van der Waals surface area contributed by atoms with Crippen molar-refractivity contribution in [3.63, 3.8) is 0 Å². The predicted molar refractivity (Wildman–Crippen MR) is 105 cm³/mol. The van der Waals surface area contributed by atoms with Crippen molar-refractivity contribution in [3.05, 3.63) is 35.4 Å². The highest BCUT2D eigenvalue weighted by Crippen LogP contribution is 2.19. The third-order valence-electron chi connectivity index (χ3n) is 5.10. The number of carbonyl (C=O) groups excluding carboxylic acids is 3. The van der Waals surface area contributed by atoms with Crippen LogP contribution in [0.4, 0.5) is 0 Å². The summed E-state index contributed by atoms with van der Waals surface area (Å²) in [6.45, 7) is 3.54. The van der Waals surface area contributed by atoms with Crippen LogP contribution < -0.4 is 11.1 Å². The summed E-state index contributed by atoms with van der Waals surface area (Å²) in [4.78, 5) is 38.5. The third-order valence-corrected chi connectivity index (χ3v) is 5.10. The molecule has 0 spiro atoms. The molecular weight excluding hydrogens is 342 g/mol. The first-order chi connectivity index (χ1) is 13.0. The summed E-state index contributed by atoms with van der Waals surface area (Å²) >= 11 is 0. The van der Waals surface area contributed by atoms with Gasteiger partial charge in [-0.1, -0.05) is 31.2 Å². The van der Waals surface area contributed by atoms with Gasteiger partial charge in [-0.15, -0.1) is 0 Å². The molecule has 6 heteroatoms. The Kier molecular flexibility index (Phi) is 8.45. The van der Waals surface area contributed by atoms with Gasteiger partial charge < -0.3 is 16.0 Å². The summed E-state index contributed by atoms with van der Waals surface area (Å²) in [5.41, 5.74) is 7.24. The molecule has 1 heterocycles. The first kappa shape index (κ1) is 21.1. The van der Waals surface area contributed by atoms with Crippen molar-refractivity contribution < 1.29 is 14.4 Å². The van der Waals surface area contributed by atoms with Crippen LogP contribution in [0.1, 0.15) is 61.4 Å². The molecule has 148 valence electrons. The number of hydrogen-bond donors (Lipinski definition) is 2. The second-order valence-corrected chi connectivity index (χ2v) is 7.05. The Morgan fingerprint density at radius 1 is 1.11 bits per heavy atom. The highest BCUT2D eigenvalue weighted by Gasteiger charge is 2.27.